The molecule has 9 heteroatoms. The molecule has 0 fully saturated rings. The van der Waals surface area contributed by atoms with E-state index in [1.54, 1.807) is 0 Å². The van der Waals surface area contributed by atoms with Gasteiger partial charge < -0.3 is 13.3 Å². The minimum absolute atomic E-state index is 0. The van der Waals surface area contributed by atoms with E-state index in [0.717, 1.165) is 7.11 Å². The van der Waals surface area contributed by atoms with Gasteiger partial charge in [0.15, 0.2) is 0 Å². The average Bonchev–Trinajstić information content (AvgIpc) is 1.61. The maximum absolute atomic E-state index is 9.15. The zero-order valence-electron chi connectivity index (χ0n) is 5.97. The molecule has 0 aliphatic heterocycles. The third-order valence-electron chi connectivity index (χ3n) is 0.136. The maximum Gasteiger partial charge on any atom is 2.00 e. The van der Waals surface area contributed by atoms with E-state index in [0.29, 0.717) is 6.26 Å². The van der Waals surface area contributed by atoms with Crippen molar-refractivity contribution in [1.82, 2.24) is 0 Å². The summed E-state index contributed by atoms with van der Waals surface area (Å²) in [6, 6.07) is 0. The Bertz CT molecular complexity index is 177. The van der Waals surface area contributed by atoms with Gasteiger partial charge in [-0.1, -0.05) is 0 Å². The molecule has 0 spiro atoms. The second-order valence-electron chi connectivity index (χ2n) is 1.07. The first kappa shape index (κ1) is 18.1. The first-order chi connectivity index (χ1) is 4.27. The van der Waals surface area contributed by atoms with Gasteiger partial charge >= 0.3 is 37.7 Å². The first-order valence-electron chi connectivity index (χ1n) is 1.82. The van der Waals surface area contributed by atoms with Crippen LogP contribution in [0.15, 0.2) is 0 Å². The summed E-state index contributed by atoms with van der Waals surface area (Å²) in [5.74, 6) is 0. The van der Waals surface area contributed by atoms with Gasteiger partial charge in [-0.15, -0.1) is 0 Å². The fraction of sp³-hybridized carbons (Fsp3) is 1.00. The zero-order chi connectivity index (χ0) is 8.78. The third kappa shape index (κ3) is 91.4. The summed E-state index contributed by atoms with van der Waals surface area (Å²) < 4.78 is 49.2. The van der Waals surface area contributed by atoms with Gasteiger partial charge in [-0.2, -0.15) is 0 Å². The Morgan fingerprint density at radius 3 is 1.55 bits per heavy atom. The van der Waals surface area contributed by atoms with Gasteiger partial charge in [0.2, 0.25) is 0 Å². The van der Waals surface area contributed by atoms with Crippen molar-refractivity contribution in [3.05, 3.63) is 0 Å². The normalized spacial score (nSPS) is 12.0. The summed E-state index contributed by atoms with van der Waals surface area (Å²) in [7, 11) is -2.83. The van der Waals surface area contributed by atoms with E-state index in [1.807, 2.05) is 0 Å². The molecule has 1 unspecified atom stereocenters. The van der Waals surface area contributed by atoms with Crippen LogP contribution < -0.4 is 0 Å². The average molecular weight is 230 g/mol. The number of hydrogen-bond donors (Lipinski definition) is 0. The molecule has 6 nitrogen and oxygen atoms in total. The SMILES string of the molecule is COS(=O)[O-].CS(=O)(=O)[O-].[Ca+2]. The molecular formula is C2H6CaO6S2. The molecule has 0 aromatic heterocycles. The first-order valence-corrected chi connectivity index (χ1v) is 4.63. The van der Waals surface area contributed by atoms with Crippen molar-refractivity contribution < 1.29 is 25.9 Å². The summed E-state index contributed by atoms with van der Waals surface area (Å²) in [4.78, 5) is 0. The van der Waals surface area contributed by atoms with Crippen LogP contribution in [-0.4, -0.2) is 72.8 Å². The molecule has 0 radical (unpaired) electrons. The van der Waals surface area contributed by atoms with Crippen molar-refractivity contribution in [3.8, 4) is 0 Å². The molecule has 0 saturated carbocycles. The smallest absolute Gasteiger partial charge is 0.750 e. The Balaban J connectivity index is -0.000000107. The number of hydrogen-bond acceptors (Lipinski definition) is 6. The van der Waals surface area contributed by atoms with Crippen molar-refractivity contribution >= 4 is 59.2 Å². The summed E-state index contributed by atoms with van der Waals surface area (Å²) in [6.45, 7) is 0. The van der Waals surface area contributed by atoms with Crippen LogP contribution in [0.4, 0.5) is 0 Å². The van der Waals surface area contributed by atoms with Crippen molar-refractivity contribution in [2.75, 3.05) is 13.4 Å². The predicted molar refractivity (Wildman–Crippen MR) is 37.3 cm³/mol. The minimum atomic E-state index is -3.92. The van der Waals surface area contributed by atoms with E-state index in [1.165, 1.54) is 0 Å². The summed E-state index contributed by atoms with van der Waals surface area (Å²) in [6.07, 6.45) is 0.604. The molecule has 0 bridgehead atoms. The van der Waals surface area contributed by atoms with Gasteiger partial charge in [0.05, 0.1) is 28.6 Å². The largest absolute Gasteiger partial charge is 2.00 e. The van der Waals surface area contributed by atoms with Gasteiger partial charge in [-0.05, 0) is 0 Å². The Kier molecular flexibility index (Phi) is 15.4. The minimum Gasteiger partial charge on any atom is -0.750 e. The van der Waals surface area contributed by atoms with E-state index < -0.39 is 21.5 Å². The molecule has 0 aromatic rings. The Morgan fingerprint density at radius 1 is 1.45 bits per heavy atom. The van der Waals surface area contributed by atoms with Crippen LogP contribution in [0.2, 0.25) is 0 Å². The molecule has 64 valence electrons. The molecule has 0 aliphatic rings. The Morgan fingerprint density at radius 2 is 1.55 bits per heavy atom. The molecule has 0 N–H and O–H groups in total. The van der Waals surface area contributed by atoms with Gasteiger partial charge in [0.25, 0.3) is 0 Å². The fourth-order valence-corrected chi connectivity index (χ4v) is 0. The van der Waals surface area contributed by atoms with Crippen LogP contribution >= 0.6 is 0 Å². The van der Waals surface area contributed by atoms with Crippen LogP contribution in [-0.2, 0) is 25.7 Å². The Hall–Kier alpha value is 1.24. The zero-order valence-corrected chi connectivity index (χ0v) is 9.81. The third-order valence-corrected chi connectivity index (χ3v) is 0.408. The summed E-state index contributed by atoms with van der Waals surface area (Å²) in [5, 5.41) is 0. The van der Waals surface area contributed by atoms with E-state index in [2.05, 4.69) is 4.18 Å². The summed E-state index contributed by atoms with van der Waals surface area (Å²) >= 11 is -2.32. The quantitative estimate of drug-likeness (QED) is 0.299. The molecular weight excluding hydrogens is 224 g/mol. The van der Waals surface area contributed by atoms with Crippen LogP contribution in [0.25, 0.3) is 0 Å². The topological polar surface area (TPSA) is 107 Å². The standard InChI is InChI=1S/2CH4O3S.Ca/c1-5(2,3)4;1-4-5(2)3;/h1H3,(H,2,3,4);1H3,(H,2,3);/q;;+2/p-2. The van der Waals surface area contributed by atoms with Crippen LogP contribution in [0.3, 0.4) is 0 Å². The number of rotatable bonds is 1. The monoisotopic (exact) mass is 230 g/mol. The van der Waals surface area contributed by atoms with Crippen molar-refractivity contribution in [1.29, 1.82) is 0 Å². The van der Waals surface area contributed by atoms with E-state index >= 15 is 0 Å². The molecule has 0 rings (SSSR count). The van der Waals surface area contributed by atoms with Crippen molar-refractivity contribution in [2.45, 2.75) is 0 Å². The van der Waals surface area contributed by atoms with Crippen LogP contribution in [0.5, 0.6) is 0 Å². The van der Waals surface area contributed by atoms with Gasteiger partial charge in [-0.3, -0.25) is 0 Å². The van der Waals surface area contributed by atoms with Crippen LogP contribution in [0.1, 0.15) is 0 Å². The molecule has 0 saturated heterocycles. The summed E-state index contributed by atoms with van der Waals surface area (Å²) in [5.41, 5.74) is 0. The van der Waals surface area contributed by atoms with Crippen molar-refractivity contribution in [3.63, 3.8) is 0 Å². The predicted octanol–water partition coefficient (Wildman–Crippen LogP) is -1.79. The second-order valence-corrected chi connectivity index (χ2v) is 3.22. The molecule has 0 aliphatic carbocycles. The van der Waals surface area contributed by atoms with Gasteiger partial charge in [-0.25, -0.2) is 12.6 Å². The molecule has 0 amide bonds. The van der Waals surface area contributed by atoms with Crippen LogP contribution in [0, 0.1) is 0 Å². The Labute approximate surface area is 97.6 Å². The van der Waals surface area contributed by atoms with Gasteiger partial charge in [0, 0.05) is 6.26 Å². The molecule has 11 heavy (non-hydrogen) atoms. The van der Waals surface area contributed by atoms with E-state index in [-0.39, 0.29) is 37.7 Å². The maximum atomic E-state index is 9.15. The second kappa shape index (κ2) is 9.33. The molecule has 0 aromatic carbocycles. The molecule has 0 heterocycles. The fourth-order valence-electron chi connectivity index (χ4n) is 0. The van der Waals surface area contributed by atoms with E-state index in [4.69, 9.17) is 21.7 Å². The van der Waals surface area contributed by atoms with Gasteiger partial charge in [0.1, 0.15) is 0 Å². The van der Waals surface area contributed by atoms with E-state index in [9.17, 15) is 0 Å². The molecule has 1 atom stereocenters. The van der Waals surface area contributed by atoms with Crippen molar-refractivity contribution in [2.24, 2.45) is 0 Å².